The van der Waals surface area contributed by atoms with Gasteiger partial charge >= 0.3 is 13.6 Å². The zero-order valence-corrected chi connectivity index (χ0v) is 12.0. The minimum Gasteiger partial charge on any atom is -0.466 e. The van der Waals surface area contributed by atoms with Crippen LogP contribution in [0.5, 0.6) is 0 Å². The van der Waals surface area contributed by atoms with E-state index in [0.29, 0.717) is 13.2 Å². The molecule has 0 atom stereocenters. The third-order valence-electron chi connectivity index (χ3n) is 1.91. The fraction of sp³-hybridized carbons (Fsp3) is 0.727. The van der Waals surface area contributed by atoms with Crippen LogP contribution in [0, 0.1) is 0 Å². The maximum absolute atomic E-state index is 12.0. The Bertz CT molecular complexity index is 305. The Labute approximate surface area is 108 Å². The third-order valence-corrected chi connectivity index (χ3v) is 3.94. The zero-order chi connectivity index (χ0) is 14.0. The highest BCUT2D eigenvalue weighted by Gasteiger charge is 2.23. The van der Waals surface area contributed by atoms with E-state index < -0.39 is 13.6 Å². The Balaban J connectivity index is 3.97. The molecule has 0 rings (SSSR count). The van der Waals surface area contributed by atoms with Gasteiger partial charge in [0.2, 0.25) is 0 Å². The summed E-state index contributed by atoms with van der Waals surface area (Å²) in [6.07, 6.45) is 0.142. The number of carbonyl (C=O) groups is 1. The number of methoxy groups -OCH3 is 1. The molecule has 0 N–H and O–H groups in total. The van der Waals surface area contributed by atoms with Crippen molar-refractivity contribution in [1.29, 1.82) is 0 Å². The van der Waals surface area contributed by atoms with Gasteiger partial charge in [0.15, 0.2) is 0 Å². The van der Waals surface area contributed by atoms with Gasteiger partial charge in [0.25, 0.3) is 0 Å². The SMILES string of the molecule is C=C(COCCP(=O)(OCC)OCC)C(=O)OC. The molecular weight excluding hydrogens is 259 g/mol. The molecule has 6 nitrogen and oxygen atoms in total. The van der Waals surface area contributed by atoms with E-state index >= 15 is 0 Å². The Kier molecular flexibility index (Phi) is 8.93. The summed E-state index contributed by atoms with van der Waals surface area (Å²) in [5.74, 6) is -0.521. The van der Waals surface area contributed by atoms with E-state index in [1.807, 2.05) is 0 Å². The molecule has 0 aromatic rings. The fourth-order valence-electron chi connectivity index (χ4n) is 1.13. The van der Waals surface area contributed by atoms with Crippen molar-refractivity contribution in [1.82, 2.24) is 0 Å². The van der Waals surface area contributed by atoms with Gasteiger partial charge in [-0.2, -0.15) is 0 Å². The van der Waals surface area contributed by atoms with E-state index in [4.69, 9.17) is 13.8 Å². The van der Waals surface area contributed by atoms with Crippen molar-refractivity contribution in [3.05, 3.63) is 12.2 Å². The van der Waals surface area contributed by atoms with E-state index in [9.17, 15) is 9.36 Å². The van der Waals surface area contributed by atoms with Crippen molar-refractivity contribution in [2.24, 2.45) is 0 Å². The van der Waals surface area contributed by atoms with Gasteiger partial charge in [0.1, 0.15) is 0 Å². The molecule has 0 aromatic heterocycles. The van der Waals surface area contributed by atoms with Gasteiger partial charge in [-0.05, 0) is 13.8 Å². The highest BCUT2D eigenvalue weighted by Crippen LogP contribution is 2.47. The largest absolute Gasteiger partial charge is 0.466 e. The first-order valence-electron chi connectivity index (χ1n) is 5.71. The van der Waals surface area contributed by atoms with Crippen LogP contribution in [-0.2, 0) is 27.9 Å². The number of rotatable bonds is 10. The first kappa shape index (κ1) is 17.3. The molecule has 0 saturated heterocycles. The standard InChI is InChI=1S/C11H21O6P/c1-5-16-18(13,17-6-2)8-7-15-9-10(3)11(12)14-4/h3,5-9H2,1-2,4H3. The van der Waals surface area contributed by atoms with Crippen LogP contribution in [0.3, 0.4) is 0 Å². The van der Waals surface area contributed by atoms with Gasteiger partial charge in [0.05, 0.1) is 45.3 Å². The molecule has 0 bridgehead atoms. The van der Waals surface area contributed by atoms with Gasteiger partial charge in [0, 0.05) is 0 Å². The summed E-state index contributed by atoms with van der Waals surface area (Å²) >= 11 is 0. The predicted molar refractivity (Wildman–Crippen MR) is 67.7 cm³/mol. The first-order valence-corrected chi connectivity index (χ1v) is 7.43. The Morgan fingerprint density at radius 1 is 1.22 bits per heavy atom. The van der Waals surface area contributed by atoms with Gasteiger partial charge in [-0.1, -0.05) is 6.58 Å². The lowest BCUT2D eigenvalue weighted by molar-refractivity contribution is -0.136. The summed E-state index contributed by atoms with van der Waals surface area (Å²) in [4.78, 5) is 11.0. The smallest absolute Gasteiger partial charge is 0.335 e. The molecule has 0 radical (unpaired) electrons. The average molecular weight is 280 g/mol. The van der Waals surface area contributed by atoms with Crippen molar-refractivity contribution in [3.8, 4) is 0 Å². The summed E-state index contributed by atoms with van der Waals surface area (Å²) in [5, 5.41) is 0. The summed E-state index contributed by atoms with van der Waals surface area (Å²) in [5.41, 5.74) is 0.208. The molecule has 0 saturated carbocycles. The van der Waals surface area contributed by atoms with Crippen molar-refractivity contribution in [2.75, 3.05) is 39.7 Å². The number of esters is 1. The molecule has 106 valence electrons. The second-order valence-electron chi connectivity index (χ2n) is 3.32. The number of hydrogen-bond donors (Lipinski definition) is 0. The van der Waals surface area contributed by atoms with Crippen LogP contribution in [0.4, 0.5) is 0 Å². The van der Waals surface area contributed by atoms with Crippen LogP contribution in [-0.4, -0.2) is 45.7 Å². The summed E-state index contributed by atoms with van der Waals surface area (Å²) in [7, 11) is -1.81. The first-order chi connectivity index (χ1) is 8.49. The Hall–Kier alpha value is -0.680. The lowest BCUT2D eigenvalue weighted by Gasteiger charge is -2.16. The monoisotopic (exact) mass is 280 g/mol. The van der Waals surface area contributed by atoms with Gasteiger partial charge in [-0.3, -0.25) is 4.57 Å². The molecular formula is C11H21O6P. The molecule has 0 heterocycles. The third kappa shape index (κ3) is 6.91. The average Bonchev–Trinajstić information content (AvgIpc) is 2.34. The minimum atomic E-state index is -3.08. The van der Waals surface area contributed by atoms with Crippen molar-refractivity contribution in [2.45, 2.75) is 13.8 Å². The lowest BCUT2D eigenvalue weighted by Crippen LogP contribution is -2.12. The summed E-state index contributed by atoms with van der Waals surface area (Å²) in [6.45, 7) is 7.80. The normalized spacial score (nSPS) is 11.3. The molecule has 0 aromatic carbocycles. The molecule has 0 spiro atoms. The van der Waals surface area contributed by atoms with Crippen LogP contribution in [0.1, 0.15) is 13.8 Å². The fourth-order valence-corrected chi connectivity index (χ4v) is 2.61. The van der Waals surface area contributed by atoms with Crippen molar-refractivity contribution >= 4 is 13.6 Å². The Morgan fingerprint density at radius 2 is 1.78 bits per heavy atom. The predicted octanol–water partition coefficient (Wildman–Crippen LogP) is 2.00. The second kappa shape index (κ2) is 9.28. The van der Waals surface area contributed by atoms with Crippen molar-refractivity contribution < 1.29 is 27.9 Å². The molecule has 18 heavy (non-hydrogen) atoms. The van der Waals surface area contributed by atoms with E-state index in [2.05, 4.69) is 11.3 Å². The van der Waals surface area contributed by atoms with Gasteiger partial charge in [-0.15, -0.1) is 0 Å². The van der Waals surface area contributed by atoms with Crippen LogP contribution in [0.15, 0.2) is 12.2 Å². The molecule has 0 aliphatic heterocycles. The minimum absolute atomic E-state index is 0.0327. The number of hydrogen-bond acceptors (Lipinski definition) is 6. The second-order valence-corrected chi connectivity index (χ2v) is 5.50. The molecule has 0 amide bonds. The van der Waals surface area contributed by atoms with Crippen LogP contribution < -0.4 is 0 Å². The molecule has 7 heteroatoms. The molecule has 0 aliphatic carbocycles. The molecule has 0 aliphatic rings. The maximum Gasteiger partial charge on any atom is 0.335 e. The summed E-state index contributed by atoms with van der Waals surface area (Å²) < 4.78 is 31.8. The maximum atomic E-state index is 12.0. The van der Waals surface area contributed by atoms with E-state index in [1.54, 1.807) is 13.8 Å². The van der Waals surface area contributed by atoms with Crippen molar-refractivity contribution in [3.63, 3.8) is 0 Å². The van der Waals surface area contributed by atoms with Gasteiger partial charge < -0.3 is 18.5 Å². The quantitative estimate of drug-likeness (QED) is 0.264. The topological polar surface area (TPSA) is 71.1 Å². The Morgan fingerprint density at radius 3 is 2.22 bits per heavy atom. The molecule has 0 unspecified atom stereocenters. The number of ether oxygens (including phenoxy) is 2. The lowest BCUT2D eigenvalue weighted by atomic mass is 10.3. The summed E-state index contributed by atoms with van der Waals surface area (Å²) in [6, 6.07) is 0. The molecule has 0 fully saturated rings. The van der Waals surface area contributed by atoms with E-state index in [-0.39, 0.29) is 24.9 Å². The van der Waals surface area contributed by atoms with Crippen LogP contribution >= 0.6 is 7.60 Å². The highest BCUT2D eigenvalue weighted by molar-refractivity contribution is 7.53. The van der Waals surface area contributed by atoms with E-state index in [0.717, 1.165) is 0 Å². The van der Waals surface area contributed by atoms with E-state index in [1.165, 1.54) is 7.11 Å². The zero-order valence-electron chi connectivity index (χ0n) is 11.1. The van der Waals surface area contributed by atoms with Crippen LogP contribution in [0.25, 0.3) is 0 Å². The highest BCUT2D eigenvalue weighted by atomic mass is 31.2. The van der Waals surface area contributed by atoms with Crippen LogP contribution in [0.2, 0.25) is 0 Å². The number of carbonyl (C=O) groups excluding carboxylic acids is 1. The van der Waals surface area contributed by atoms with Gasteiger partial charge in [-0.25, -0.2) is 4.79 Å².